The average molecular weight is 375 g/mol. The van der Waals surface area contributed by atoms with Crippen LogP contribution in [0.4, 0.5) is 0 Å². The van der Waals surface area contributed by atoms with Crippen LogP contribution in [-0.2, 0) is 0 Å². The van der Waals surface area contributed by atoms with Crippen molar-refractivity contribution in [1.82, 2.24) is 15.5 Å². The molecule has 3 N–H and O–H groups in total. The van der Waals surface area contributed by atoms with Crippen LogP contribution >= 0.6 is 12.4 Å². The maximum atomic E-state index is 12.7. The highest BCUT2D eigenvalue weighted by Gasteiger charge is 2.19. The lowest BCUT2D eigenvalue weighted by Gasteiger charge is -2.08. The molecule has 1 amide bonds. The zero-order valence-electron chi connectivity index (χ0n) is 14.9. The number of rotatable bonds is 6. The van der Waals surface area contributed by atoms with E-state index in [1.54, 1.807) is 6.07 Å². The number of carbonyl (C=O) groups is 1. The molecule has 0 atom stereocenters. The summed E-state index contributed by atoms with van der Waals surface area (Å²) in [6, 6.07) is 9.79. The van der Waals surface area contributed by atoms with Crippen molar-refractivity contribution in [1.29, 1.82) is 0 Å². The van der Waals surface area contributed by atoms with Gasteiger partial charge in [-0.25, -0.2) is 4.98 Å². The molecule has 1 aromatic carbocycles. The largest absolute Gasteiger partial charge is 0.352 e. The molecule has 7 heteroatoms. The van der Waals surface area contributed by atoms with Crippen molar-refractivity contribution in [3.63, 3.8) is 0 Å². The number of hydrogen-bond acceptors (Lipinski definition) is 5. The van der Waals surface area contributed by atoms with Gasteiger partial charge in [-0.2, -0.15) is 0 Å². The van der Waals surface area contributed by atoms with Gasteiger partial charge in [0.1, 0.15) is 0 Å². The van der Waals surface area contributed by atoms with Gasteiger partial charge in [0.25, 0.3) is 11.6 Å². The van der Waals surface area contributed by atoms with E-state index in [-0.39, 0.29) is 18.3 Å². The van der Waals surface area contributed by atoms with E-state index in [0.29, 0.717) is 41.1 Å². The molecule has 3 aromatic rings. The number of halogens is 1. The maximum absolute atomic E-state index is 12.7. The highest BCUT2D eigenvalue weighted by Crippen LogP contribution is 2.27. The van der Waals surface area contributed by atoms with Crippen LogP contribution in [0.25, 0.3) is 22.4 Å². The molecule has 2 aromatic heterocycles. The Morgan fingerprint density at radius 3 is 2.62 bits per heavy atom. The maximum Gasteiger partial charge on any atom is 0.259 e. The number of aromatic nitrogens is 2. The second-order valence-corrected chi connectivity index (χ2v) is 6.12. The number of carbonyl (C=O) groups excluding carboxylic acids is 1. The molecule has 138 valence electrons. The SMILES string of the molecule is Cc1ccc(-c2cc(C(=O)NCCCCN)c3c(C)noc3n2)cc1.Cl. The minimum Gasteiger partial charge on any atom is -0.352 e. The zero-order chi connectivity index (χ0) is 17.8. The summed E-state index contributed by atoms with van der Waals surface area (Å²) in [5.41, 5.74) is 9.84. The van der Waals surface area contributed by atoms with Gasteiger partial charge >= 0.3 is 0 Å². The van der Waals surface area contributed by atoms with Crippen molar-refractivity contribution in [3.8, 4) is 11.3 Å². The van der Waals surface area contributed by atoms with Crippen LogP contribution in [0.5, 0.6) is 0 Å². The molecule has 0 saturated carbocycles. The number of unbranched alkanes of at least 4 members (excludes halogenated alkanes) is 1. The van der Waals surface area contributed by atoms with Gasteiger partial charge in [0.05, 0.1) is 22.3 Å². The molecule has 26 heavy (non-hydrogen) atoms. The molecule has 2 heterocycles. The highest BCUT2D eigenvalue weighted by molar-refractivity contribution is 6.06. The van der Waals surface area contributed by atoms with Gasteiger partial charge < -0.3 is 15.6 Å². The van der Waals surface area contributed by atoms with Crippen molar-refractivity contribution in [2.24, 2.45) is 5.73 Å². The molecule has 0 aliphatic carbocycles. The van der Waals surface area contributed by atoms with Gasteiger partial charge in [-0.3, -0.25) is 4.79 Å². The summed E-state index contributed by atoms with van der Waals surface area (Å²) >= 11 is 0. The quantitative estimate of drug-likeness (QED) is 0.645. The van der Waals surface area contributed by atoms with Gasteiger partial charge in [0.15, 0.2) is 0 Å². The lowest BCUT2D eigenvalue weighted by atomic mass is 10.0. The average Bonchev–Trinajstić information content (AvgIpc) is 2.99. The van der Waals surface area contributed by atoms with Gasteiger partial charge in [-0.05, 0) is 39.3 Å². The number of nitrogens with two attached hydrogens (primary N) is 1. The summed E-state index contributed by atoms with van der Waals surface area (Å²) in [4.78, 5) is 17.2. The van der Waals surface area contributed by atoms with Crippen molar-refractivity contribution in [2.45, 2.75) is 26.7 Å². The fraction of sp³-hybridized carbons (Fsp3) is 0.316. The predicted octanol–water partition coefficient (Wildman–Crippen LogP) is 3.40. The first-order valence-corrected chi connectivity index (χ1v) is 8.42. The third kappa shape index (κ3) is 4.20. The van der Waals surface area contributed by atoms with Crippen LogP contribution in [0.1, 0.15) is 34.5 Å². The molecule has 0 aliphatic heterocycles. The Hall–Kier alpha value is -2.44. The van der Waals surface area contributed by atoms with Crippen molar-refractivity contribution in [2.75, 3.05) is 13.1 Å². The molecule has 0 aliphatic rings. The summed E-state index contributed by atoms with van der Waals surface area (Å²) in [6.45, 7) is 5.05. The smallest absolute Gasteiger partial charge is 0.259 e. The topological polar surface area (TPSA) is 94.0 Å². The monoisotopic (exact) mass is 374 g/mol. The minimum absolute atomic E-state index is 0. The number of nitrogens with one attached hydrogen (secondary N) is 1. The molecule has 0 radical (unpaired) electrons. The molecule has 6 nitrogen and oxygen atoms in total. The van der Waals surface area contributed by atoms with Gasteiger partial charge in [-0.1, -0.05) is 35.0 Å². The number of aryl methyl sites for hydroxylation is 2. The Morgan fingerprint density at radius 2 is 1.92 bits per heavy atom. The summed E-state index contributed by atoms with van der Waals surface area (Å²) in [6.07, 6.45) is 1.73. The second-order valence-electron chi connectivity index (χ2n) is 6.12. The van der Waals surface area contributed by atoms with Crippen LogP contribution < -0.4 is 11.1 Å². The number of hydrogen-bond donors (Lipinski definition) is 2. The van der Waals surface area contributed by atoms with Crippen molar-refractivity contribution in [3.05, 3.63) is 47.2 Å². The van der Waals surface area contributed by atoms with Gasteiger partial charge in [0, 0.05) is 12.1 Å². The molecular formula is C19H23ClN4O2. The molecular weight excluding hydrogens is 352 g/mol. The van der Waals surface area contributed by atoms with Gasteiger partial charge in [0.2, 0.25) is 0 Å². The number of amides is 1. The van der Waals surface area contributed by atoms with Crippen LogP contribution in [-0.4, -0.2) is 29.1 Å². The molecule has 3 rings (SSSR count). The number of pyridine rings is 1. The first-order chi connectivity index (χ1) is 12.1. The molecule has 0 unspecified atom stereocenters. The first kappa shape index (κ1) is 19.9. The lowest BCUT2D eigenvalue weighted by Crippen LogP contribution is -2.25. The normalized spacial score (nSPS) is 10.6. The standard InChI is InChI=1S/C19H22N4O2.ClH/c1-12-5-7-14(8-6-12)16-11-15(18(24)21-10-4-3-9-20)17-13(2)23-25-19(17)22-16;/h5-8,11H,3-4,9-10,20H2,1-2H3,(H,21,24);1H. The second kappa shape index (κ2) is 8.78. The first-order valence-electron chi connectivity index (χ1n) is 8.42. The van der Waals surface area contributed by atoms with E-state index in [1.165, 1.54) is 5.56 Å². The predicted molar refractivity (Wildman–Crippen MR) is 105 cm³/mol. The van der Waals surface area contributed by atoms with Crippen LogP contribution in [0, 0.1) is 13.8 Å². The molecule has 0 saturated heterocycles. The Bertz CT molecular complexity index is 890. The summed E-state index contributed by atoms with van der Waals surface area (Å²) in [7, 11) is 0. The number of fused-ring (bicyclic) bond motifs is 1. The van der Waals surface area contributed by atoms with E-state index in [0.717, 1.165) is 18.4 Å². The van der Waals surface area contributed by atoms with E-state index in [4.69, 9.17) is 10.3 Å². The molecule has 0 fully saturated rings. The molecule has 0 bridgehead atoms. The van der Waals surface area contributed by atoms with E-state index >= 15 is 0 Å². The lowest BCUT2D eigenvalue weighted by molar-refractivity contribution is 0.0954. The number of nitrogens with zero attached hydrogens (tertiary/aromatic N) is 2. The van der Waals surface area contributed by atoms with Crippen molar-refractivity contribution >= 4 is 29.4 Å². The third-order valence-electron chi connectivity index (χ3n) is 4.13. The van der Waals surface area contributed by atoms with Crippen LogP contribution in [0.15, 0.2) is 34.9 Å². The fourth-order valence-corrected chi connectivity index (χ4v) is 2.71. The Labute approximate surface area is 158 Å². The van der Waals surface area contributed by atoms with E-state index in [2.05, 4.69) is 15.5 Å². The van der Waals surface area contributed by atoms with E-state index < -0.39 is 0 Å². The molecule has 0 spiro atoms. The number of benzene rings is 1. The van der Waals surface area contributed by atoms with E-state index in [1.807, 2.05) is 38.1 Å². The Balaban J connectivity index is 0.00000243. The zero-order valence-corrected chi connectivity index (χ0v) is 15.7. The summed E-state index contributed by atoms with van der Waals surface area (Å²) in [5, 5.41) is 7.56. The third-order valence-corrected chi connectivity index (χ3v) is 4.13. The van der Waals surface area contributed by atoms with Crippen LogP contribution in [0.3, 0.4) is 0 Å². The highest BCUT2D eigenvalue weighted by atomic mass is 35.5. The summed E-state index contributed by atoms with van der Waals surface area (Å²) < 4.78 is 5.31. The fourth-order valence-electron chi connectivity index (χ4n) is 2.71. The van der Waals surface area contributed by atoms with Crippen molar-refractivity contribution < 1.29 is 9.32 Å². The Morgan fingerprint density at radius 1 is 1.19 bits per heavy atom. The van der Waals surface area contributed by atoms with Gasteiger partial charge in [-0.15, -0.1) is 12.4 Å². The Kier molecular flexibility index (Phi) is 6.71. The van der Waals surface area contributed by atoms with E-state index in [9.17, 15) is 4.79 Å². The minimum atomic E-state index is -0.149. The van der Waals surface area contributed by atoms with Crippen LogP contribution in [0.2, 0.25) is 0 Å². The summed E-state index contributed by atoms with van der Waals surface area (Å²) in [5.74, 6) is -0.149.